The lowest BCUT2D eigenvalue weighted by Gasteiger charge is -2.07. The van der Waals surface area contributed by atoms with Crippen LogP contribution in [0.1, 0.15) is 28.2 Å². The molecule has 0 fully saturated rings. The van der Waals surface area contributed by atoms with Crippen molar-refractivity contribution < 1.29 is 18.7 Å². The standard InChI is InChI=1S/C20H20N2O4S/c1-24-17-9-7-15(8-10-17)13-19-21-22-20(26-19)27-12-4-11-25-18-6-3-2-5-16(18)14-23/h2-3,5-10,14H,4,11-13H2,1H3. The second-order valence-electron chi connectivity index (χ2n) is 5.69. The first-order chi connectivity index (χ1) is 13.3. The largest absolute Gasteiger partial charge is 0.497 e. The highest BCUT2D eigenvalue weighted by Gasteiger charge is 2.08. The average molecular weight is 384 g/mol. The van der Waals surface area contributed by atoms with Gasteiger partial charge in [0, 0.05) is 5.75 Å². The van der Waals surface area contributed by atoms with Gasteiger partial charge in [0.15, 0.2) is 6.29 Å². The zero-order valence-corrected chi connectivity index (χ0v) is 15.8. The van der Waals surface area contributed by atoms with Crippen molar-refractivity contribution in [2.45, 2.75) is 18.1 Å². The minimum Gasteiger partial charge on any atom is -0.497 e. The Bertz CT molecular complexity index is 864. The predicted molar refractivity (Wildman–Crippen MR) is 103 cm³/mol. The molecule has 0 aliphatic rings. The highest BCUT2D eigenvalue weighted by molar-refractivity contribution is 7.99. The molecule has 1 aromatic heterocycles. The van der Waals surface area contributed by atoms with Gasteiger partial charge in [-0.3, -0.25) is 4.79 Å². The molecule has 0 bridgehead atoms. The van der Waals surface area contributed by atoms with Crippen LogP contribution in [0.25, 0.3) is 0 Å². The van der Waals surface area contributed by atoms with E-state index in [4.69, 9.17) is 13.9 Å². The molecule has 0 aliphatic carbocycles. The van der Waals surface area contributed by atoms with E-state index in [-0.39, 0.29) is 0 Å². The summed E-state index contributed by atoms with van der Waals surface area (Å²) >= 11 is 1.49. The van der Waals surface area contributed by atoms with Gasteiger partial charge in [0.25, 0.3) is 5.22 Å². The summed E-state index contributed by atoms with van der Waals surface area (Å²) in [5.41, 5.74) is 1.64. The van der Waals surface area contributed by atoms with Gasteiger partial charge < -0.3 is 13.9 Å². The zero-order valence-electron chi connectivity index (χ0n) is 15.0. The summed E-state index contributed by atoms with van der Waals surface area (Å²) in [4.78, 5) is 10.9. The lowest BCUT2D eigenvalue weighted by molar-refractivity contribution is 0.111. The van der Waals surface area contributed by atoms with Gasteiger partial charge in [-0.1, -0.05) is 36.0 Å². The molecule has 0 spiro atoms. The molecule has 27 heavy (non-hydrogen) atoms. The quantitative estimate of drug-likeness (QED) is 0.297. The Morgan fingerprint density at radius 3 is 2.70 bits per heavy atom. The minimum atomic E-state index is 0.519. The second-order valence-corrected chi connectivity index (χ2v) is 6.74. The lowest BCUT2D eigenvalue weighted by atomic mass is 10.1. The molecule has 3 aromatic rings. The molecule has 1 heterocycles. The molecule has 2 aromatic carbocycles. The van der Waals surface area contributed by atoms with Crippen LogP contribution in [0, 0.1) is 0 Å². The summed E-state index contributed by atoms with van der Waals surface area (Å²) in [7, 11) is 1.64. The Balaban J connectivity index is 1.41. The van der Waals surface area contributed by atoms with E-state index in [0.29, 0.717) is 35.5 Å². The number of hydrogen-bond acceptors (Lipinski definition) is 7. The molecule has 6 nitrogen and oxygen atoms in total. The smallest absolute Gasteiger partial charge is 0.276 e. The van der Waals surface area contributed by atoms with Crippen molar-refractivity contribution in [1.29, 1.82) is 0 Å². The molecule has 0 saturated carbocycles. The van der Waals surface area contributed by atoms with E-state index in [1.165, 1.54) is 11.8 Å². The van der Waals surface area contributed by atoms with E-state index < -0.39 is 0 Å². The summed E-state index contributed by atoms with van der Waals surface area (Å²) in [6.45, 7) is 0.519. The number of thioether (sulfide) groups is 1. The van der Waals surface area contributed by atoms with Crippen molar-refractivity contribution in [2.75, 3.05) is 19.5 Å². The molecular weight excluding hydrogens is 364 g/mol. The van der Waals surface area contributed by atoms with E-state index in [9.17, 15) is 4.79 Å². The van der Waals surface area contributed by atoms with Crippen LogP contribution in [0.3, 0.4) is 0 Å². The summed E-state index contributed by atoms with van der Waals surface area (Å²) in [5.74, 6) is 2.79. The molecule has 0 radical (unpaired) electrons. The number of rotatable bonds is 10. The molecule has 0 atom stereocenters. The van der Waals surface area contributed by atoms with Gasteiger partial charge in [-0.25, -0.2) is 0 Å². The summed E-state index contributed by atoms with van der Waals surface area (Å²) in [5, 5.41) is 8.70. The molecule has 140 valence electrons. The van der Waals surface area contributed by atoms with Gasteiger partial charge >= 0.3 is 0 Å². The van der Waals surface area contributed by atoms with Crippen molar-refractivity contribution >= 4 is 18.0 Å². The monoisotopic (exact) mass is 384 g/mol. The van der Waals surface area contributed by atoms with E-state index in [0.717, 1.165) is 29.8 Å². The molecule has 7 heteroatoms. The van der Waals surface area contributed by atoms with Crippen LogP contribution >= 0.6 is 11.8 Å². The highest BCUT2D eigenvalue weighted by atomic mass is 32.2. The van der Waals surface area contributed by atoms with Gasteiger partial charge in [-0.05, 0) is 36.2 Å². The van der Waals surface area contributed by atoms with Gasteiger partial charge in [-0.2, -0.15) is 0 Å². The van der Waals surface area contributed by atoms with Gasteiger partial charge in [0.05, 0.1) is 25.7 Å². The topological polar surface area (TPSA) is 74.5 Å². The Hall–Kier alpha value is -2.80. The SMILES string of the molecule is COc1ccc(Cc2nnc(SCCCOc3ccccc3C=O)o2)cc1. The number of nitrogens with zero attached hydrogens (tertiary/aromatic N) is 2. The third kappa shape index (κ3) is 5.59. The number of methoxy groups -OCH3 is 1. The van der Waals surface area contributed by atoms with Gasteiger partial charge in [0.1, 0.15) is 11.5 Å². The van der Waals surface area contributed by atoms with Crippen molar-refractivity contribution in [3.63, 3.8) is 0 Å². The summed E-state index contributed by atoms with van der Waals surface area (Å²) < 4.78 is 16.5. The Morgan fingerprint density at radius 1 is 1.11 bits per heavy atom. The number of para-hydroxylation sites is 1. The normalized spacial score (nSPS) is 10.6. The zero-order chi connectivity index (χ0) is 18.9. The Kier molecular flexibility index (Phi) is 6.87. The van der Waals surface area contributed by atoms with Crippen LogP contribution in [-0.2, 0) is 6.42 Å². The van der Waals surface area contributed by atoms with E-state index >= 15 is 0 Å². The minimum absolute atomic E-state index is 0.519. The molecule has 3 rings (SSSR count). The molecular formula is C20H20N2O4S. The molecule has 0 N–H and O–H groups in total. The van der Waals surface area contributed by atoms with E-state index in [1.807, 2.05) is 36.4 Å². The van der Waals surface area contributed by atoms with Crippen molar-refractivity contribution in [3.8, 4) is 11.5 Å². The fraction of sp³-hybridized carbons (Fsp3) is 0.250. The Morgan fingerprint density at radius 2 is 1.93 bits per heavy atom. The first-order valence-corrected chi connectivity index (χ1v) is 9.52. The van der Waals surface area contributed by atoms with Gasteiger partial charge in [-0.15, -0.1) is 10.2 Å². The fourth-order valence-electron chi connectivity index (χ4n) is 2.40. The highest BCUT2D eigenvalue weighted by Crippen LogP contribution is 2.20. The maximum atomic E-state index is 10.9. The second kappa shape index (κ2) is 9.78. The Labute approximate surface area is 161 Å². The molecule has 0 aliphatic heterocycles. The van der Waals surface area contributed by atoms with Crippen LogP contribution in [0.5, 0.6) is 11.5 Å². The molecule has 0 unspecified atom stereocenters. The van der Waals surface area contributed by atoms with Crippen LogP contribution in [0.4, 0.5) is 0 Å². The number of benzene rings is 2. The average Bonchev–Trinajstić information content (AvgIpc) is 3.16. The number of hydrogen-bond donors (Lipinski definition) is 0. The molecule has 0 amide bonds. The predicted octanol–water partition coefficient (Wildman–Crippen LogP) is 4.04. The van der Waals surface area contributed by atoms with E-state index in [1.54, 1.807) is 19.2 Å². The fourth-order valence-corrected chi connectivity index (χ4v) is 3.09. The maximum absolute atomic E-state index is 10.9. The van der Waals surface area contributed by atoms with Gasteiger partial charge in [0.2, 0.25) is 5.89 Å². The number of ether oxygens (including phenoxy) is 2. The maximum Gasteiger partial charge on any atom is 0.276 e. The number of carbonyl (C=O) groups excluding carboxylic acids is 1. The van der Waals surface area contributed by atoms with E-state index in [2.05, 4.69) is 10.2 Å². The summed E-state index contributed by atoms with van der Waals surface area (Å²) in [6.07, 6.45) is 2.18. The van der Waals surface area contributed by atoms with Crippen LogP contribution in [-0.4, -0.2) is 36.0 Å². The third-order valence-electron chi connectivity index (χ3n) is 3.78. The van der Waals surface area contributed by atoms with Crippen LogP contribution < -0.4 is 9.47 Å². The first-order valence-electron chi connectivity index (χ1n) is 8.53. The first kappa shape index (κ1) is 19.0. The van der Waals surface area contributed by atoms with Crippen LogP contribution in [0.15, 0.2) is 58.2 Å². The number of carbonyl (C=O) groups is 1. The molecule has 0 saturated heterocycles. The number of aromatic nitrogens is 2. The summed E-state index contributed by atoms with van der Waals surface area (Å²) in [6, 6.07) is 15.0. The van der Waals surface area contributed by atoms with Crippen molar-refractivity contribution in [2.24, 2.45) is 0 Å². The van der Waals surface area contributed by atoms with Crippen molar-refractivity contribution in [1.82, 2.24) is 10.2 Å². The number of aldehydes is 1. The lowest BCUT2D eigenvalue weighted by Crippen LogP contribution is -2.00. The van der Waals surface area contributed by atoms with Crippen molar-refractivity contribution in [3.05, 3.63) is 65.5 Å². The third-order valence-corrected chi connectivity index (χ3v) is 4.69. The van der Waals surface area contributed by atoms with Crippen LogP contribution in [0.2, 0.25) is 0 Å².